The third-order valence-electron chi connectivity index (χ3n) is 3.43. The Balaban J connectivity index is 2.14. The van der Waals surface area contributed by atoms with E-state index in [2.05, 4.69) is 33.2 Å². The largest absolute Gasteiger partial charge is 0.480 e. The minimum Gasteiger partial charge on any atom is -0.480 e. The average molecular weight is 452 g/mol. The van der Waals surface area contributed by atoms with Crippen LogP contribution in [0.25, 0.3) is 0 Å². The second kappa shape index (κ2) is 8.61. The molecule has 0 fully saturated rings. The Morgan fingerprint density at radius 3 is 2.48 bits per heavy atom. The molecule has 0 saturated carbocycles. The molecule has 2 aromatic carbocycles. The molecule has 0 unspecified atom stereocenters. The fourth-order valence-electron chi connectivity index (χ4n) is 2.27. The monoisotopic (exact) mass is 452 g/mol. The van der Waals surface area contributed by atoms with E-state index in [0.29, 0.717) is 5.69 Å². The molecule has 2 aromatic rings. The van der Waals surface area contributed by atoms with Crippen molar-refractivity contribution in [3.63, 3.8) is 0 Å². The van der Waals surface area contributed by atoms with Crippen LogP contribution in [0.3, 0.4) is 0 Å². The molecule has 1 atom stereocenters. The molecule has 7 heteroatoms. The Morgan fingerprint density at radius 2 is 1.84 bits per heavy atom. The summed E-state index contributed by atoms with van der Waals surface area (Å²) in [4.78, 5) is 35.0. The first kappa shape index (κ1) is 18.9. The number of carboxylic acid groups (broad SMARTS) is 1. The van der Waals surface area contributed by atoms with Crippen LogP contribution in [0.4, 0.5) is 5.69 Å². The molecule has 0 bridgehead atoms. The number of rotatable bonds is 6. The Labute approximate surface area is 158 Å². The minimum atomic E-state index is -1.11. The highest BCUT2D eigenvalue weighted by Gasteiger charge is 2.22. The number of nitrogens with one attached hydrogen (secondary N) is 2. The lowest BCUT2D eigenvalue weighted by atomic mass is 10.1. The Hall–Kier alpha value is -2.42. The van der Waals surface area contributed by atoms with E-state index in [9.17, 15) is 19.5 Å². The molecular weight excluding hydrogens is 435 g/mol. The maximum absolute atomic E-state index is 12.4. The van der Waals surface area contributed by atoms with E-state index in [-0.39, 0.29) is 17.9 Å². The molecule has 0 aliphatic heterocycles. The summed E-state index contributed by atoms with van der Waals surface area (Å²) in [5.41, 5.74) is 1.60. The molecule has 3 N–H and O–H groups in total. The van der Waals surface area contributed by atoms with Gasteiger partial charge in [0, 0.05) is 28.2 Å². The van der Waals surface area contributed by atoms with Crippen LogP contribution in [0.15, 0.2) is 48.5 Å². The first-order valence-corrected chi connectivity index (χ1v) is 8.59. The highest BCUT2D eigenvalue weighted by molar-refractivity contribution is 14.1. The van der Waals surface area contributed by atoms with Gasteiger partial charge in [0.25, 0.3) is 5.91 Å². The van der Waals surface area contributed by atoms with Gasteiger partial charge in [0.1, 0.15) is 6.04 Å². The Morgan fingerprint density at radius 1 is 1.12 bits per heavy atom. The Bertz CT molecular complexity index is 807. The predicted octanol–water partition coefficient (Wildman–Crippen LogP) is 2.68. The lowest BCUT2D eigenvalue weighted by Gasteiger charge is -2.16. The maximum atomic E-state index is 12.4. The number of hydrogen-bond donors (Lipinski definition) is 3. The van der Waals surface area contributed by atoms with E-state index < -0.39 is 17.9 Å². The smallest absolute Gasteiger partial charge is 0.326 e. The van der Waals surface area contributed by atoms with E-state index in [1.807, 2.05) is 24.3 Å². The topological polar surface area (TPSA) is 95.5 Å². The number of amides is 2. The molecule has 0 saturated heterocycles. The zero-order valence-corrected chi connectivity index (χ0v) is 15.6. The van der Waals surface area contributed by atoms with Crippen LogP contribution < -0.4 is 10.6 Å². The third-order valence-corrected chi connectivity index (χ3v) is 4.48. The molecule has 0 aliphatic rings. The number of aliphatic carboxylic acids is 1. The highest BCUT2D eigenvalue weighted by atomic mass is 127. The summed E-state index contributed by atoms with van der Waals surface area (Å²) in [6, 6.07) is 12.7. The van der Waals surface area contributed by atoms with Crippen molar-refractivity contribution < 1.29 is 19.5 Å². The molecule has 2 rings (SSSR count). The number of carbonyl (C=O) groups is 3. The zero-order chi connectivity index (χ0) is 18.4. The van der Waals surface area contributed by atoms with Crippen molar-refractivity contribution in [1.29, 1.82) is 0 Å². The normalized spacial score (nSPS) is 11.4. The molecule has 2 amide bonds. The van der Waals surface area contributed by atoms with Gasteiger partial charge in [0.05, 0.1) is 0 Å². The van der Waals surface area contributed by atoms with Crippen molar-refractivity contribution >= 4 is 46.1 Å². The molecule has 0 radical (unpaired) electrons. The van der Waals surface area contributed by atoms with E-state index in [1.165, 1.54) is 13.0 Å². The second-order valence-corrected chi connectivity index (χ2v) is 6.58. The van der Waals surface area contributed by atoms with Gasteiger partial charge < -0.3 is 15.7 Å². The van der Waals surface area contributed by atoms with Crippen LogP contribution in [-0.4, -0.2) is 28.9 Å². The van der Waals surface area contributed by atoms with Gasteiger partial charge in [-0.05, 0) is 52.4 Å². The summed E-state index contributed by atoms with van der Waals surface area (Å²) < 4.78 is 0.938. The molecule has 6 nitrogen and oxygen atoms in total. The first-order valence-electron chi connectivity index (χ1n) is 7.51. The lowest BCUT2D eigenvalue weighted by molar-refractivity contribution is -0.139. The van der Waals surface area contributed by atoms with Crippen LogP contribution in [0.1, 0.15) is 22.8 Å². The van der Waals surface area contributed by atoms with Crippen LogP contribution in [0.5, 0.6) is 0 Å². The fraction of sp³-hybridized carbons (Fsp3) is 0.167. The van der Waals surface area contributed by atoms with Crippen LogP contribution in [0.2, 0.25) is 0 Å². The number of carboxylic acids is 1. The molecule has 0 aromatic heterocycles. The maximum Gasteiger partial charge on any atom is 0.326 e. The molecule has 130 valence electrons. The van der Waals surface area contributed by atoms with Crippen molar-refractivity contribution in [2.24, 2.45) is 0 Å². The summed E-state index contributed by atoms with van der Waals surface area (Å²) >= 11 is 2.13. The SMILES string of the molecule is CC(=O)Nc1cccc(C(=O)N[C@H](Cc2ccccc2I)C(=O)O)c1. The fourth-order valence-corrected chi connectivity index (χ4v) is 2.87. The van der Waals surface area contributed by atoms with Gasteiger partial charge in [-0.1, -0.05) is 24.3 Å². The van der Waals surface area contributed by atoms with E-state index in [4.69, 9.17) is 0 Å². The lowest BCUT2D eigenvalue weighted by Crippen LogP contribution is -2.42. The van der Waals surface area contributed by atoms with Crippen LogP contribution >= 0.6 is 22.6 Å². The number of benzene rings is 2. The molecule has 25 heavy (non-hydrogen) atoms. The molecule has 0 aliphatic carbocycles. The molecule has 0 spiro atoms. The number of hydrogen-bond acceptors (Lipinski definition) is 3. The zero-order valence-electron chi connectivity index (χ0n) is 13.5. The van der Waals surface area contributed by atoms with E-state index >= 15 is 0 Å². The van der Waals surface area contributed by atoms with E-state index in [0.717, 1.165) is 9.13 Å². The first-order chi connectivity index (χ1) is 11.9. The van der Waals surface area contributed by atoms with Gasteiger partial charge in [-0.15, -0.1) is 0 Å². The average Bonchev–Trinajstić information content (AvgIpc) is 2.55. The quantitative estimate of drug-likeness (QED) is 0.588. The summed E-state index contributed by atoms with van der Waals surface area (Å²) in [5, 5.41) is 14.5. The number of halogens is 1. The number of carbonyl (C=O) groups excluding carboxylic acids is 2. The summed E-state index contributed by atoms with van der Waals surface area (Å²) in [7, 11) is 0. The Kier molecular flexibility index (Phi) is 6.51. The van der Waals surface area contributed by atoms with Crippen LogP contribution in [0, 0.1) is 3.57 Å². The third kappa shape index (κ3) is 5.56. The van der Waals surface area contributed by atoms with Crippen molar-refractivity contribution in [2.45, 2.75) is 19.4 Å². The van der Waals surface area contributed by atoms with Crippen molar-refractivity contribution in [2.75, 3.05) is 5.32 Å². The standard InChI is InChI=1S/C18H17IN2O4/c1-11(22)20-14-7-4-6-13(9-14)17(23)21-16(18(24)25)10-12-5-2-3-8-15(12)19/h2-9,16H,10H2,1H3,(H,20,22)(H,21,23)(H,24,25)/t16-/m1/s1. The van der Waals surface area contributed by atoms with Crippen LogP contribution in [-0.2, 0) is 16.0 Å². The van der Waals surface area contributed by atoms with Gasteiger partial charge >= 0.3 is 5.97 Å². The van der Waals surface area contributed by atoms with Gasteiger partial charge in [0.15, 0.2) is 0 Å². The summed E-state index contributed by atoms with van der Waals surface area (Å²) in [5.74, 6) is -1.86. The van der Waals surface area contributed by atoms with E-state index in [1.54, 1.807) is 18.2 Å². The van der Waals surface area contributed by atoms with Crippen molar-refractivity contribution in [3.05, 3.63) is 63.2 Å². The van der Waals surface area contributed by atoms with Gasteiger partial charge in [0.2, 0.25) is 5.91 Å². The van der Waals surface area contributed by atoms with Gasteiger partial charge in [-0.25, -0.2) is 4.79 Å². The molecule has 0 heterocycles. The highest BCUT2D eigenvalue weighted by Crippen LogP contribution is 2.15. The summed E-state index contributed by atoms with van der Waals surface area (Å²) in [6.07, 6.45) is 0.186. The summed E-state index contributed by atoms with van der Waals surface area (Å²) in [6.45, 7) is 1.37. The molecular formula is C18H17IN2O4. The predicted molar refractivity (Wildman–Crippen MR) is 102 cm³/mol. The minimum absolute atomic E-state index is 0.186. The number of anilines is 1. The van der Waals surface area contributed by atoms with Crippen molar-refractivity contribution in [1.82, 2.24) is 5.32 Å². The second-order valence-electron chi connectivity index (χ2n) is 5.42. The van der Waals surface area contributed by atoms with Gasteiger partial charge in [-0.3, -0.25) is 9.59 Å². The van der Waals surface area contributed by atoms with Gasteiger partial charge in [-0.2, -0.15) is 0 Å². The van der Waals surface area contributed by atoms with Crippen molar-refractivity contribution in [3.8, 4) is 0 Å².